The molecule has 0 saturated heterocycles. The van der Waals surface area contributed by atoms with Crippen LogP contribution < -0.4 is 0 Å². The average Bonchev–Trinajstić information content (AvgIpc) is 4.07. The van der Waals surface area contributed by atoms with E-state index in [9.17, 15) is 0 Å². The van der Waals surface area contributed by atoms with Crippen LogP contribution in [0, 0.1) is 0 Å². The summed E-state index contributed by atoms with van der Waals surface area (Å²) in [5, 5.41) is 7.15. The highest BCUT2D eigenvalue weighted by molar-refractivity contribution is 7.21. The summed E-state index contributed by atoms with van der Waals surface area (Å²) < 4.78 is 14.1. The predicted molar refractivity (Wildman–Crippen MR) is 269 cm³/mol. The third-order valence-electron chi connectivity index (χ3n) is 13.8. The monoisotopic (exact) mass is 846 g/mol. The highest BCUT2D eigenvalue weighted by atomic mass is 32.1. The Morgan fingerprint density at radius 1 is 0.246 bits per heavy atom. The molecule has 3 heterocycles. The maximum absolute atomic E-state index is 7.05. The van der Waals surface area contributed by atoms with Gasteiger partial charge in [-0.25, -0.2) is 0 Å². The molecule has 0 N–H and O–H groups in total. The minimum atomic E-state index is -0.0284. The minimum absolute atomic E-state index is 0.0284. The molecular weight excluding hydrogens is 809 g/mol. The van der Waals surface area contributed by atoms with Gasteiger partial charge in [0, 0.05) is 76.2 Å². The number of furan rings is 2. The van der Waals surface area contributed by atoms with Crippen molar-refractivity contribution in [1.82, 2.24) is 0 Å². The van der Waals surface area contributed by atoms with E-state index in [2.05, 4.69) is 218 Å². The summed E-state index contributed by atoms with van der Waals surface area (Å²) in [6.45, 7) is 0. The van der Waals surface area contributed by atoms with E-state index < -0.39 is 0 Å². The average molecular weight is 847 g/mol. The van der Waals surface area contributed by atoms with E-state index in [-0.39, 0.29) is 11.8 Å². The SMILES string of the molecule is c1ccc(-c2oc(-c3ccccc3)c3cc4c(cc23)C2c3cc5c(-c6ccccc6)oc(-c6ccccc6)c5cc3C4c3cc4c(-c5ccccc5)sc(-c5ccccc5)c4cc32)cc1. The van der Waals surface area contributed by atoms with Crippen LogP contribution in [0.3, 0.4) is 0 Å². The van der Waals surface area contributed by atoms with Crippen molar-refractivity contribution in [3.63, 3.8) is 0 Å². The highest BCUT2D eigenvalue weighted by Gasteiger charge is 2.44. The van der Waals surface area contributed by atoms with E-state index in [1.807, 2.05) is 11.3 Å². The number of hydrogen-bond acceptors (Lipinski definition) is 3. The summed E-state index contributed by atoms with van der Waals surface area (Å²) in [5.41, 5.74) is 14.9. The van der Waals surface area contributed by atoms with Crippen LogP contribution in [0.4, 0.5) is 0 Å². The lowest BCUT2D eigenvalue weighted by Gasteiger charge is -2.42. The second-order valence-corrected chi connectivity index (χ2v) is 18.4. The number of fused-ring (bicyclic) bond motifs is 3. The third-order valence-corrected chi connectivity index (χ3v) is 15.2. The van der Waals surface area contributed by atoms with Gasteiger partial charge in [0.25, 0.3) is 0 Å². The fourth-order valence-electron chi connectivity index (χ4n) is 11.0. The summed E-state index contributed by atoms with van der Waals surface area (Å²) >= 11 is 1.91. The smallest absolute Gasteiger partial charge is 0.142 e. The van der Waals surface area contributed by atoms with Crippen molar-refractivity contribution in [3.05, 3.63) is 252 Å². The molecule has 2 nitrogen and oxygen atoms in total. The second kappa shape index (κ2) is 14.3. The van der Waals surface area contributed by atoms with Crippen molar-refractivity contribution in [2.45, 2.75) is 11.8 Å². The van der Waals surface area contributed by atoms with E-state index in [4.69, 9.17) is 8.83 Å². The lowest BCUT2D eigenvalue weighted by atomic mass is 9.60. The van der Waals surface area contributed by atoms with Crippen molar-refractivity contribution in [1.29, 1.82) is 0 Å². The maximum atomic E-state index is 7.05. The lowest BCUT2D eigenvalue weighted by molar-refractivity contribution is 0.601. The first-order valence-electron chi connectivity index (χ1n) is 22.4. The van der Waals surface area contributed by atoms with Gasteiger partial charge < -0.3 is 8.83 Å². The van der Waals surface area contributed by atoms with E-state index in [0.717, 1.165) is 66.8 Å². The molecule has 0 atom stereocenters. The van der Waals surface area contributed by atoms with Crippen LogP contribution >= 0.6 is 11.3 Å². The molecule has 2 bridgehead atoms. The zero-order valence-electron chi connectivity index (χ0n) is 35.2. The largest absolute Gasteiger partial charge is 0.455 e. The van der Waals surface area contributed by atoms with Crippen molar-refractivity contribution in [2.75, 3.05) is 0 Å². The Morgan fingerprint density at radius 3 is 0.708 bits per heavy atom. The first-order valence-corrected chi connectivity index (χ1v) is 23.2. The molecule has 0 unspecified atom stereocenters. The Bertz CT molecular complexity index is 3140. The van der Waals surface area contributed by atoms with Gasteiger partial charge in [-0.15, -0.1) is 11.3 Å². The first kappa shape index (κ1) is 36.5. The van der Waals surface area contributed by atoms with Gasteiger partial charge in [-0.2, -0.15) is 0 Å². The van der Waals surface area contributed by atoms with Gasteiger partial charge in [0.15, 0.2) is 0 Å². The molecule has 3 aromatic heterocycles. The maximum Gasteiger partial charge on any atom is 0.142 e. The number of rotatable bonds is 6. The fraction of sp³-hybridized carbons (Fsp3) is 0.0323. The lowest BCUT2D eigenvalue weighted by Crippen LogP contribution is -2.27. The Kier molecular flexibility index (Phi) is 8.01. The van der Waals surface area contributed by atoms with Crippen LogP contribution in [-0.4, -0.2) is 0 Å². The fourth-order valence-corrected chi connectivity index (χ4v) is 12.3. The van der Waals surface area contributed by atoms with Crippen molar-refractivity contribution in [3.8, 4) is 66.2 Å². The van der Waals surface area contributed by atoms with Crippen LogP contribution in [0.1, 0.15) is 45.2 Å². The molecule has 3 aliphatic carbocycles. The van der Waals surface area contributed by atoms with E-state index in [1.165, 1.54) is 65.0 Å². The van der Waals surface area contributed by atoms with Gasteiger partial charge in [-0.05, 0) is 80.9 Å². The molecule has 0 spiro atoms. The van der Waals surface area contributed by atoms with E-state index in [0.29, 0.717) is 0 Å². The zero-order chi connectivity index (χ0) is 42.6. The molecule has 0 amide bonds. The molecule has 0 aliphatic heterocycles. The predicted octanol–water partition coefficient (Wildman–Crippen LogP) is 17.4. The van der Waals surface area contributed by atoms with Crippen molar-refractivity contribution < 1.29 is 8.83 Å². The Balaban J connectivity index is 1.10. The molecule has 3 aliphatic rings. The summed E-state index contributed by atoms with van der Waals surface area (Å²) in [6.07, 6.45) is 0. The molecule has 12 aromatic rings. The molecule has 304 valence electrons. The van der Waals surface area contributed by atoms with Crippen LogP contribution in [0.5, 0.6) is 0 Å². The molecule has 9 aromatic carbocycles. The van der Waals surface area contributed by atoms with Gasteiger partial charge in [-0.1, -0.05) is 182 Å². The number of thiophene rings is 1. The zero-order valence-corrected chi connectivity index (χ0v) is 36.0. The van der Waals surface area contributed by atoms with Gasteiger partial charge in [0.05, 0.1) is 0 Å². The summed E-state index contributed by atoms with van der Waals surface area (Å²) in [5.74, 6) is 3.56. The molecule has 0 fully saturated rings. The summed E-state index contributed by atoms with van der Waals surface area (Å²) in [4.78, 5) is 2.61. The van der Waals surface area contributed by atoms with Gasteiger partial charge in [0.2, 0.25) is 0 Å². The van der Waals surface area contributed by atoms with E-state index >= 15 is 0 Å². The van der Waals surface area contributed by atoms with Crippen LogP contribution in [-0.2, 0) is 0 Å². The van der Waals surface area contributed by atoms with E-state index in [1.54, 1.807) is 0 Å². The van der Waals surface area contributed by atoms with Gasteiger partial charge in [-0.3, -0.25) is 0 Å². The summed E-state index contributed by atoms with van der Waals surface area (Å²) in [7, 11) is 0. The standard InChI is InChI=1S/C62H38O2S/c1-7-19-37(20-8-1)57-49-31-43-44(32-50(49)58(63-57)38-21-9-2-10-22-38)56-46-34-52-51(59(39-23-11-3-12-24-39)64-60(52)40-25-13-4-14-26-40)33-45(46)55(43)47-35-53-54(36-48(47)56)62(42-29-17-6-18-30-42)65-61(53)41-27-15-5-16-28-41/h1-36,55-56H. The molecule has 0 radical (unpaired) electrons. The molecule has 0 saturated carbocycles. The minimum Gasteiger partial charge on any atom is -0.455 e. The quantitative estimate of drug-likeness (QED) is 0.167. The molecular formula is C62H38O2S. The third kappa shape index (κ3) is 5.52. The summed E-state index contributed by atoms with van der Waals surface area (Å²) in [6, 6.07) is 79.3. The number of hydrogen-bond donors (Lipinski definition) is 0. The Morgan fingerprint density at radius 2 is 0.462 bits per heavy atom. The number of benzene rings is 9. The van der Waals surface area contributed by atoms with Crippen LogP contribution in [0.25, 0.3) is 98.5 Å². The normalized spacial score (nSPS) is 14.8. The Hall–Kier alpha value is -7.98. The van der Waals surface area contributed by atoms with Crippen molar-refractivity contribution in [2.24, 2.45) is 0 Å². The second-order valence-electron chi connectivity index (χ2n) is 17.4. The topological polar surface area (TPSA) is 26.3 Å². The van der Waals surface area contributed by atoms with Crippen LogP contribution in [0.15, 0.2) is 227 Å². The molecule has 65 heavy (non-hydrogen) atoms. The first-order chi connectivity index (χ1) is 32.2. The van der Waals surface area contributed by atoms with Gasteiger partial charge >= 0.3 is 0 Å². The Labute approximate surface area is 380 Å². The molecule has 3 heteroatoms. The van der Waals surface area contributed by atoms with Crippen molar-refractivity contribution >= 4 is 43.7 Å². The van der Waals surface area contributed by atoms with Gasteiger partial charge in [0.1, 0.15) is 23.0 Å². The van der Waals surface area contributed by atoms with Crippen LogP contribution in [0.2, 0.25) is 0 Å². The highest BCUT2D eigenvalue weighted by Crippen LogP contribution is 2.61. The molecule has 15 rings (SSSR count).